The zero-order chi connectivity index (χ0) is 28.8. The molecule has 0 aromatic heterocycles. The van der Waals surface area contributed by atoms with Crippen LogP contribution in [0.1, 0.15) is 45.2 Å². The van der Waals surface area contributed by atoms with Crippen LogP contribution in [-0.4, -0.2) is 46.4 Å². The molecule has 10 heteroatoms. The third-order valence-corrected chi connectivity index (χ3v) is 9.07. The van der Waals surface area contributed by atoms with E-state index in [1.165, 1.54) is 7.11 Å². The van der Waals surface area contributed by atoms with Gasteiger partial charge < -0.3 is 29.2 Å². The summed E-state index contributed by atoms with van der Waals surface area (Å²) in [6.07, 6.45) is 1.23. The number of fused-ring (bicyclic) bond motifs is 1. The van der Waals surface area contributed by atoms with E-state index in [2.05, 4.69) is 10.6 Å². The van der Waals surface area contributed by atoms with E-state index in [1.54, 1.807) is 37.3 Å². The van der Waals surface area contributed by atoms with Gasteiger partial charge in [0, 0.05) is 24.2 Å². The second kappa shape index (κ2) is 10.2. The van der Waals surface area contributed by atoms with Crippen molar-refractivity contribution >= 4 is 33.1 Å². The maximum absolute atomic E-state index is 13.4. The molecule has 1 heterocycles. The van der Waals surface area contributed by atoms with E-state index in [1.807, 2.05) is 57.2 Å². The molecule has 1 unspecified atom stereocenters. The standard InChI is InChI=1S/C30H35N3O6S/c1-18(31-23-9-7-8-10-25(23)37-5)27-22(15-16-24-28(27)33(4)29(34)30(2,3)32-24)21-14-11-19(17-26(21)38-6)39-40(35,36)20-12-13-20/h7-11,14-18,20,31-32H,12-13H2,1-6H3. The average molecular weight is 566 g/mol. The van der Waals surface area contributed by atoms with E-state index >= 15 is 0 Å². The number of carbonyl (C=O) groups excluding carboxylic acids is 1. The Morgan fingerprint density at radius 3 is 2.35 bits per heavy atom. The Bertz CT molecular complexity index is 1570. The Kier molecular flexibility index (Phi) is 7.08. The fourth-order valence-electron chi connectivity index (χ4n) is 5.23. The van der Waals surface area contributed by atoms with E-state index in [0.717, 1.165) is 33.8 Å². The van der Waals surface area contributed by atoms with Crippen molar-refractivity contribution in [2.75, 3.05) is 36.8 Å². The maximum Gasteiger partial charge on any atom is 0.312 e. The smallest absolute Gasteiger partial charge is 0.312 e. The largest absolute Gasteiger partial charge is 0.496 e. The minimum atomic E-state index is -3.67. The van der Waals surface area contributed by atoms with E-state index in [0.29, 0.717) is 24.3 Å². The van der Waals surface area contributed by atoms with Crippen molar-refractivity contribution in [1.82, 2.24) is 0 Å². The number of carbonyl (C=O) groups is 1. The van der Waals surface area contributed by atoms with Crippen LogP contribution < -0.4 is 29.2 Å². The molecule has 2 aliphatic rings. The maximum atomic E-state index is 13.4. The Hall–Kier alpha value is -3.92. The summed E-state index contributed by atoms with van der Waals surface area (Å²) in [5.74, 6) is 1.28. The minimum absolute atomic E-state index is 0.0658. The highest BCUT2D eigenvalue weighted by atomic mass is 32.2. The van der Waals surface area contributed by atoms with Gasteiger partial charge in [0.05, 0.1) is 42.6 Å². The van der Waals surface area contributed by atoms with Crippen molar-refractivity contribution in [1.29, 1.82) is 0 Å². The molecule has 0 spiro atoms. The van der Waals surface area contributed by atoms with Crippen molar-refractivity contribution in [3.05, 3.63) is 60.2 Å². The van der Waals surface area contributed by atoms with Crippen molar-refractivity contribution in [3.63, 3.8) is 0 Å². The minimum Gasteiger partial charge on any atom is -0.496 e. The number of para-hydroxylation sites is 2. The highest BCUT2D eigenvalue weighted by Crippen LogP contribution is 2.48. The highest BCUT2D eigenvalue weighted by Gasteiger charge is 2.40. The number of methoxy groups -OCH3 is 2. The van der Waals surface area contributed by atoms with E-state index in [-0.39, 0.29) is 17.7 Å². The Morgan fingerprint density at radius 2 is 1.68 bits per heavy atom. The monoisotopic (exact) mass is 565 g/mol. The van der Waals surface area contributed by atoms with Crippen molar-refractivity contribution < 1.29 is 26.9 Å². The van der Waals surface area contributed by atoms with Gasteiger partial charge in [0.25, 0.3) is 5.91 Å². The van der Waals surface area contributed by atoms with Crippen LogP contribution >= 0.6 is 0 Å². The average Bonchev–Trinajstić information content (AvgIpc) is 3.78. The summed E-state index contributed by atoms with van der Waals surface area (Å²) < 4.78 is 41.6. The summed E-state index contributed by atoms with van der Waals surface area (Å²) in [7, 11) is 1.27. The first-order valence-electron chi connectivity index (χ1n) is 13.2. The van der Waals surface area contributed by atoms with Crippen LogP contribution in [-0.2, 0) is 14.9 Å². The summed E-state index contributed by atoms with van der Waals surface area (Å²) in [4.78, 5) is 15.1. The SMILES string of the molecule is COc1ccccc1NC(C)c1c(-c2ccc(OS(=O)(=O)C3CC3)cc2OC)ccc2c1N(C)C(=O)C(C)(C)N2. The molecule has 9 nitrogen and oxygen atoms in total. The third kappa shape index (κ3) is 5.03. The third-order valence-electron chi connectivity index (χ3n) is 7.36. The number of nitrogens with one attached hydrogen (secondary N) is 2. The second-order valence-corrected chi connectivity index (χ2v) is 12.6. The molecule has 1 amide bonds. The number of likely N-dealkylation sites (N-methyl/N-ethyl adjacent to an activating group) is 1. The first kappa shape index (κ1) is 27.6. The number of hydrogen-bond acceptors (Lipinski definition) is 8. The zero-order valence-corrected chi connectivity index (χ0v) is 24.4. The van der Waals surface area contributed by atoms with Crippen LogP contribution in [0.25, 0.3) is 11.1 Å². The fraction of sp³-hybridized carbons (Fsp3) is 0.367. The number of anilines is 3. The van der Waals surface area contributed by atoms with Gasteiger partial charge in [0.2, 0.25) is 0 Å². The van der Waals surface area contributed by atoms with Gasteiger partial charge in [-0.2, -0.15) is 8.42 Å². The molecule has 2 N–H and O–H groups in total. The Labute approximate surface area is 235 Å². The number of ether oxygens (including phenoxy) is 2. The summed E-state index contributed by atoms with van der Waals surface area (Å²) in [5, 5.41) is 6.51. The molecule has 1 atom stereocenters. The Balaban J connectivity index is 1.65. The first-order chi connectivity index (χ1) is 19.0. The molecule has 3 aromatic carbocycles. The van der Waals surface area contributed by atoms with Crippen molar-refractivity contribution in [2.45, 2.75) is 50.4 Å². The van der Waals surface area contributed by atoms with E-state index < -0.39 is 20.9 Å². The normalized spacial score (nSPS) is 16.9. The zero-order valence-electron chi connectivity index (χ0n) is 23.6. The van der Waals surface area contributed by atoms with Gasteiger partial charge >= 0.3 is 10.1 Å². The molecule has 1 fully saturated rings. The van der Waals surface area contributed by atoms with Crippen LogP contribution in [0.5, 0.6) is 17.2 Å². The fourth-order valence-corrected chi connectivity index (χ4v) is 6.45. The molecule has 0 radical (unpaired) electrons. The molecular formula is C30H35N3O6S. The van der Waals surface area contributed by atoms with Crippen LogP contribution in [0, 0.1) is 0 Å². The summed E-state index contributed by atoms with van der Waals surface area (Å²) in [6.45, 7) is 5.74. The lowest BCUT2D eigenvalue weighted by Gasteiger charge is -2.40. The van der Waals surface area contributed by atoms with E-state index in [4.69, 9.17) is 13.7 Å². The molecule has 212 valence electrons. The number of benzene rings is 3. The van der Waals surface area contributed by atoms with E-state index in [9.17, 15) is 13.2 Å². The van der Waals surface area contributed by atoms with Crippen LogP contribution in [0.3, 0.4) is 0 Å². The lowest BCUT2D eigenvalue weighted by molar-refractivity contribution is -0.121. The van der Waals surface area contributed by atoms with Crippen molar-refractivity contribution in [3.8, 4) is 28.4 Å². The molecule has 0 saturated heterocycles. The molecule has 40 heavy (non-hydrogen) atoms. The van der Waals surface area contributed by atoms with Crippen LogP contribution in [0.4, 0.5) is 17.1 Å². The van der Waals surface area contributed by atoms with Crippen LogP contribution in [0.2, 0.25) is 0 Å². The molecule has 1 aliphatic carbocycles. The van der Waals surface area contributed by atoms with Gasteiger partial charge in [-0.1, -0.05) is 18.2 Å². The van der Waals surface area contributed by atoms with Gasteiger partial charge in [-0.3, -0.25) is 4.79 Å². The predicted octanol–water partition coefficient (Wildman–Crippen LogP) is 5.58. The lowest BCUT2D eigenvalue weighted by Crippen LogP contribution is -2.52. The van der Waals surface area contributed by atoms with Gasteiger partial charge in [-0.25, -0.2) is 0 Å². The molecule has 0 bridgehead atoms. The quantitative estimate of drug-likeness (QED) is 0.324. The Morgan fingerprint density at radius 1 is 1.00 bits per heavy atom. The van der Waals surface area contributed by atoms with Crippen molar-refractivity contribution in [2.24, 2.45) is 0 Å². The number of hydrogen-bond donors (Lipinski definition) is 2. The molecule has 3 aromatic rings. The number of nitrogens with zero attached hydrogens (tertiary/aromatic N) is 1. The molecule has 1 saturated carbocycles. The molecule has 5 rings (SSSR count). The number of amides is 1. The van der Waals surface area contributed by atoms with Gasteiger partial charge in [-0.15, -0.1) is 0 Å². The van der Waals surface area contributed by atoms with Gasteiger partial charge in [-0.05, 0) is 69.5 Å². The summed E-state index contributed by atoms with van der Waals surface area (Å²) in [6, 6.07) is 16.3. The summed E-state index contributed by atoms with van der Waals surface area (Å²) >= 11 is 0. The number of rotatable bonds is 9. The lowest BCUT2D eigenvalue weighted by atomic mass is 9.88. The molecular weight excluding hydrogens is 530 g/mol. The second-order valence-electron chi connectivity index (χ2n) is 10.7. The summed E-state index contributed by atoms with van der Waals surface area (Å²) in [5.41, 5.74) is 4.02. The highest BCUT2D eigenvalue weighted by molar-refractivity contribution is 7.88. The predicted molar refractivity (Wildman–Crippen MR) is 157 cm³/mol. The first-order valence-corrected chi connectivity index (χ1v) is 14.7. The van der Waals surface area contributed by atoms with Gasteiger partial charge in [0.1, 0.15) is 22.8 Å². The van der Waals surface area contributed by atoms with Crippen LogP contribution in [0.15, 0.2) is 54.6 Å². The van der Waals surface area contributed by atoms with Gasteiger partial charge in [0.15, 0.2) is 0 Å². The molecule has 1 aliphatic heterocycles. The topological polar surface area (TPSA) is 106 Å².